The fourth-order valence-electron chi connectivity index (χ4n) is 3.63. The number of hydrogen-bond donors (Lipinski definition) is 1. The number of aliphatic hydroxyl groups is 1. The Morgan fingerprint density at radius 3 is 2.83 bits per heavy atom. The molecule has 0 unspecified atom stereocenters. The lowest BCUT2D eigenvalue weighted by Gasteiger charge is -2.25. The molecule has 2 aromatic rings. The molecule has 1 aromatic heterocycles. The second-order valence-corrected chi connectivity index (χ2v) is 9.14. The summed E-state index contributed by atoms with van der Waals surface area (Å²) in [6, 6.07) is 6.35. The number of likely N-dealkylation sites (tertiary alicyclic amines) is 1. The van der Waals surface area contributed by atoms with Gasteiger partial charge in [-0.2, -0.15) is 0 Å². The predicted molar refractivity (Wildman–Crippen MR) is 115 cm³/mol. The molecule has 1 atom stereocenters. The lowest BCUT2D eigenvalue weighted by atomic mass is 9.96. The first kappa shape index (κ1) is 22.7. The third-order valence-corrected chi connectivity index (χ3v) is 6.74. The minimum Gasteiger partial charge on any atom is -0.490 e. The van der Waals surface area contributed by atoms with Crippen molar-refractivity contribution in [1.82, 2.24) is 14.8 Å². The van der Waals surface area contributed by atoms with Crippen LogP contribution in [0.4, 0.5) is 4.39 Å². The van der Waals surface area contributed by atoms with Crippen LogP contribution in [0, 0.1) is 12.7 Å². The third kappa shape index (κ3) is 5.56. The maximum Gasteiger partial charge on any atom is 0.236 e. The van der Waals surface area contributed by atoms with E-state index in [1.165, 1.54) is 17.4 Å². The molecule has 0 saturated carbocycles. The maximum atomic E-state index is 13.7. The van der Waals surface area contributed by atoms with Crippen molar-refractivity contribution in [3.05, 3.63) is 45.7 Å². The van der Waals surface area contributed by atoms with Gasteiger partial charge in [0.05, 0.1) is 18.8 Å². The van der Waals surface area contributed by atoms with Gasteiger partial charge in [0.2, 0.25) is 5.91 Å². The number of halogens is 1. The van der Waals surface area contributed by atoms with E-state index in [-0.39, 0.29) is 17.5 Å². The van der Waals surface area contributed by atoms with E-state index in [1.54, 1.807) is 18.2 Å². The Bertz CT molecular complexity index is 873. The zero-order valence-electron chi connectivity index (χ0n) is 17.9. The average molecular weight is 436 g/mol. The van der Waals surface area contributed by atoms with Gasteiger partial charge in [0.15, 0.2) is 11.6 Å². The molecule has 1 aliphatic rings. The maximum absolute atomic E-state index is 13.7. The van der Waals surface area contributed by atoms with Gasteiger partial charge in [0, 0.05) is 30.8 Å². The smallest absolute Gasteiger partial charge is 0.236 e. The molecular weight excluding hydrogens is 405 g/mol. The zero-order chi connectivity index (χ0) is 21.7. The van der Waals surface area contributed by atoms with E-state index >= 15 is 0 Å². The number of hydrogen-bond acceptors (Lipinski definition) is 6. The second-order valence-electron chi connectivity index (χ2n) is 8.06. The van der Waals surface area contributed by atoms with Crippen LogP contribution in [0.15, 0.2) is 24.3 Å². The van der Waals surface area contributed by atoms with Crippen LogP contribution in [0.25, 0.3) is 0 Å². The lowest BCUT2D eigenvalue weighted by Crippen LogP contribution is -2.39. The van der Waals surface area contributed by atoms with Gasteiger partial charge in [-0.3, -0.25) is 4.79 Å². The largest absolute Gasteiger partial charge is 0.490 e. The number of ether oxygens (including phenoxy) is 1. The fraction of sp³-hybridized carbons (Fsp3) is 0.545. The molecule has 0 radical (unpaired) electrons. The van der Waals surface area contributed by atoms with E-state index in [1.807, 2.05) is 30.8 Å². The summed E-state index contributed by atoms with van der Waals surface area (Å²) < 4.78 is 19.3. The van der Waals surface area contributed by atoms with Gasteiger partial charge in [-0.05, 0) is 46.0 Å². The molecule has 1 N–H and O–H groups in total. The summed E-state index contributed by atoms with van der Waals surface area (Å²) in [4.78, 5) is 21.7. The summed E-state index contributed by atoms with van der Waals surface area (Å²) in [5.74, 6) is -0.0457. The Hall–Kier alpha value is -2.03. The predicted octanol–water partition coefficient (Wildman–Crippen LogP) is 2.97. The molecule has 2 heterocycles. The molecule has 30 heavy (non-hydrogen) atoms. The monoisotopic (exact) mass is 435 g/mol. The summed E-state index contributed by atoms with van der Waals surface area (Å²) in [5, 5.41) is 12.0. The number of likely N-dealkylation sites (N-methyl/N-ethyl adjacent to an activating group) is 1. The molecule has 8 heteroatoms. The van der Waals surface area contributed by atoms with Crippen LogP contribution in [-0.4, -0.2) is 66.1 Å². The van der Waals surface area contributed by atoms with E-state index in [9.17, 15) is 14.3 Å². The van der Waals surface area contributed by atoms with E-state index in [0.717, 1.165) is 17.0 Å². The molecule has 6 nitrogen and oxygen atoms in total. The minimum atomic E-state index is -1.02. The first-order valence-electron chi connectivity index (χ1n) is 10.3. The van der Waals surface area contributed by atoms with Crippen molar-refractivity contribution in [2.24, 2.45) is 0 Å². The molecule has 3 rings (SSSR count). The van der Waals surface area contributed by atoms with Gasteiger partial charge >= 0.3 is 0 Å². The van der Waals surface area contributed by atoms with Gasteiger partial charge in [-0.15, -0.1) is 11.3 Å². The standard InChI is InChI=1S/C22H30FN3O3S/c1-16-19(9-14-29-18-8-5-4-7-17(18)23)30-21(24-16)22(28)10-6-12-26(13-11-22)20(27)15-25(2)3/h4-5,7-8,28H,6,9-15H2,1-3H3/t22-/m0/s1. The first-order chi connectivity index (χ1) is 14.3. The number of nitrogens with zero attached hydrogens (tertiary/aromatic N) is 3. The average Bonchev–Trinajstić information content (AvgIpc) is 2.94. The van der Waals surface area contributed by atoms with Crippen molar-refractivity contribution >= 4 is 17.2 Å². The van der Waals surface area contributed by atoms with Crippen LogP contribution in [0.1, 0.15) is 34.8 Å². The SMILES string of the molecule is Cc1nc([C@]2(O)CCCN(C(=O)CN(C)C)CC2)sc1CCOc1ccccc1F. The number of thiazole rings is 1. The van der Waals surface area contributed by atoms with Crippen molar-refractivity contribution in [3.63, 3.8) is 0 Å². The topological polar surface area (TPSA) is 65.9 Å². The van der Waals surface area contributed by atoms with Gasteiger partial charge in [0.1, 0.15) is 10.6 Å². The van der Waals surface area contributed by atoms with Crippen molar-refractivity contribution in [3.8, 4) is 5.75 Å². The number of aryl methyl sites for hydroxylation is 1. The minimum absolute atomic E-state index is 0.0885. The van der Waals surface area contributed by atoms with Crippen molar-refractivity contribution < 1.29 is 19.0 Å². The Morgan fingerprint density at radius 2 is 2.10 bits per heavy atom. The highest BCUT2D eigenvalue weighted by Crippen LogP contribution is 2.36. The van der Waals surface area contributed by atoms with Gasteiger partial charge in [-0.1, -0.05) is 12.1 Å². The van der Waals surface area contributed by atoms with E-state index in [2.05, 4.69) is 4.98 Å². The molecule has 1 aliphatic heterocycles. The highest BCUT2D eigenvalue weighted by atomic mass is 32.1. The van der Waals surface area contributed by atoms with E-state index in [4.69, 9.17) is 4.74 Å². The first-order valence-corrected chi connectivity index (χ1v) is 11.1. The Labute approximate surface area is 181 Å². The highest BCUT2D eigenvalue weighted by Gasteiger charge is 2.36. The van der Waals surface area contributed by atoms with Crippen LogP contribution in [0.2, 0.25) is 0 Å². The Kier molecular flexibility index (Phi) is 7.44. The molecular formula is C22H30FN3O3S. The lowest BCUT2D eigenvalue weighted by molar-refractivity contribution is -0.132. The second kappa shape index (κ2) is 9.85. The number of para-hydroxylation sites is 1. The third-order valence-electron chi connectivity index (χ3n) is 5.33. The number of carbonyl (C=O) groups is 1. The van der Waals surface area contributed by atoms with Gasteiger partial charge < -0.3 is 19.6 Å². The summed E-state index contributed by atoms with van der Waals surface area (Å²) in [7, 11) is 3.75. The highest BCUT2D eigenvalue weighted by molar-refractivity contribution is 7.11. The Balaban J connectivity index is 1.62. The molecule has 1 aromatic carbocycles. The Morgan fingerprint density at radius 1 is 1.33 bits per heavy atom. The number of benzene rings is 1. The number of aromatic nitrogens is 1. The summed E-state index contributed by atoms with van der Waals surface area (Å²) in [5.41, 5.74) is -0.155. The van der Waals surface area contributed by atoms with E-state index < -0.39 is 5.60 Å². The number of rotatable bonds is 7. The molecule has 1 amide bonds. The van der Waals surface area contributed by atoms with Crippen molar-refractivity contribution in [2.75, 3.05) is 40.3 Å². The van der Waals surface area contributed by atoms with Crippen LogP contribution in [0.3, 0.4) is 0 Å². The van der Waals surface area contributed by atoms with Gasteiger partial charge in [0.25, 0.3) is 0 Å². The number of carbonyl (C=O) groups excluding carboxylic acids is 1. The molecule has 1 fully saturated rings. The quantitative estimate of drug-likeness (QED) is 0.724. The van der Waals surface area contributed by atoms with Crippen molar-refractivity contribution in [2.45, 2.75) is 38.2 Å². The summed E-state index contributed by atoms with van der Waals surface area (Å²) in [6.07, 6.45) is 2.39. The normalized spacial score (nSPS) is 19.7. The summed E-state index contributed by atoms with van der Waals surface area (Å²) >= 11 is 1.49. The summed E-state index contributed by atoms with van der Waals surface area (Å²) in [6.45, 7) is 3.82. The zero-order valence-corrected chi connectivity index (χ0v) is 18.7. The van der Waals surface area contributed by atoms with Crippen LogP contribution < -0.4 is 4.74 Å². The molecule has 0 aliphatic carbocycles. The van der Waals surface area contributed by atoms with Crippen LogP contribution in [0.5, 0.6) is 5.75 Å². The fourth-order valence-corrected chi connectivity index (χ4v) is 4.82. The molecule has 0 spiro atoms. The van der Waals surface area contributed by atoms with Crippen molar-refractivity contribution in [1.29, 1.82) is 0 Å². The molecule has 164 valence electrons. The molecule has 1 saturated heterocycles. The van der Waals surface area contributed by atoms with Crippen LogP contribution >= 0.6 is 11.3 Å². The van der Waals surface area contributed by atoms with Crippen LogP contribution in [-0.2, 0) is 16.8 Å². The van der Waals surface area contributed by atoms with Gasteiger partial charge in [-0.25, -0.2) is 9.37 Å². The van der Waals surface area contributed by atoms with E-state index in [0.29, 0.717) is 50.5 Å². The molecule has 0 bridgehead atoms. The number of amides is 1.